The number of nitrogens with two attached hydrogens (primary N) is 1. The topological polar surface area (TPSA) is 38.0 Å². The standard InChI is InChI=1S/C12H15ClN2S2/c13-9-4-1-5-10(11(9)12(14)16)15-8-3-2-6-17-7-8/h1,4-5,8,15H,2-3,6-7H2,(H2,14,16). The summed E-state index contributed by atoms with van der Waals surface area (Å²) in [5.41, 5.74) is 7.44. The van der Waals surface area contributed by atoms with Crippen molar-refractivity contribution in [1.82, 2.24) is 0 Å². The number of thioether (sulfide) groups is 1. The molecule has 5 heteroatoms. The Balaban J connectivity index is 2.19. The van der Waals surface area contributed by atoms with Crippen LogP contribution in [0.15, 0.2) is 18.2 Å². The van der Waals surface area contributed by atoms with E-state index < -0.39 is 0 Å². The highest BCUT2D eigenvalue weighted by Crippen LogP contribution is 2.27. The van der Waals surface area contributed by atoms with Crippen molar-refractivity contribution >= 4 is 46.3 Å². The summed E-state index contributed by atoms with van der Waals surface area (Å²) in [7, 11) is 0. The van der Waals surface area contributed by atoms with Crippen molar-refractivity contribution in [3.8, 4) is 0 Å². The van der Waals surface area contributed by atoms with Crippen LogP contribution < -0.4 is 11.1 Å². The second kappa shape index (κ2) is 5.94. The summed E-state index contributed by atoms with van der Waals surface area (Å²) in [5.74, 6) is 2.39. The third-order valence-corrected chi connectivity index (χ3v) is 4.51. The van der Waals surface area contributed by atoms with E-state index in [4.69, 9.17) is 29.6 Å². The maximum absolute atomic E-state index is 6.13. The molecule has 1 saturated heterocycles. The molecule has 0 amide bonds. The highest BCUT2D eigenvalue weighted by atomic mass is 35.5. The van der Waals surface area contributed by atoms with E-state index in [0.29, 0.717) is 16.1 Å². The van der Waals surface area contributed by atoms with E-state index in [-0.39, 0.29) is 0 Å². The van der Waals surface area contributed by atoms with Gasteiger partial charge < -0.3 is 11.1 Å². The van der Waals surface area contributed by atoms with Crippen LogP contribution in [0.25, 0.3) is 0 Å². The van der Waals surface area contributed by atoms with Crippen LogP contribution >= 0.6 is 35.6 Å². The van der Waals surface area contributed by atoms with Gasteiger partial charge in [0.25, 0.3) is 0 Å². The van der Waals surface area contributed by atoms with Crippen LogP contribution in [0.3, 0.4) is 0 Å². The van der Waals surface area contributed by atoms with E-state index in [0.717, 1.165) is 17.0 Å². The van der Waals surface area contributed by atoms with Gasteiger partial charge in [-0.1, -0.05) is 29.9 Å². The van der Waals surface area contributed by atoms with Gasteiger partial charge in [0.2, 0.25) is 0 Å². The Morgan fingerprint density at radius 2 is 2.35 bits per heavy atom. The second-order valence-corrected chi connectivity index (χ2v) is 6.08. The lowest BCUT2D eigenvalue weighted by Crippen LogP contribution is -2.27. The molecule has 2 rings (SSSR count). The van der Waals surface area contributed by atoms with Crippen molar-refractivity contribution in [2.75, 3.05) is 16.8 Å². The molecule has 1 fully saturated rings. The Bertz CT molecular complexity index is 417. The van der Waals surface area contributed by atoms with Crippen molar-refractivity contribution in [2.24, 2.45) is 5.73 Å². The van der Waals surface area contributed by atoms with Crippen LogP contribution in [0, 0.1) is 0 Å². The number of hydrogen-bond acceptors (Lipinski definition) is 3. The average Bonchev–Trinajstić information content (AvgIpc) is 2.30. The van der Waals surface area contributed by atoms with E-state index >= 15 is 0 Å². The summed E-state index contributed by atoms with van der Waals surface area (Å²) < 4.78 is 0. The Morgan fingerprint density at radius 3 is 3.00 bits per heavy atom. The molecule has 1 atom stereocenters. The quantitative estimate of drug-likeness (QED) is 0.837. The van der Waals surface area contributed by atoms with Crippen LogP contribution in [0.5, 0.6) is 0 Å². The largest absolute Gasteiger partial charge is 0.389 e. The Kier molecular flexibility index (Phi) is 4.54. The molecule has 0 bridgehead atoms. The molecule has 0 aliphatic carbocycles. The van der Waals surface area contributed by atoms with E-state index in [2.05, 4.69) is 5.32 Å². The molecule has 0 saturated carbocycles. The zero-order valence-electron chi connectivity index (χ0n) is 9.41. The molecule has 0 spiro atoms. The highest BCUT2D eigenvalue weighted by molar-refractivity contribution is 7.99. The molecule has 1 aromatic rings. The molecule has 1 aliphatic rings. The summed E-state index contributed by atoms with van der Waals surface area (Å²) >= 11 is 13.2. The lowest BCUT2D eigenvalue weighted by atomic mass is 10.1. The van der Waals surface area contributed by atoms with Crippen LogP contribution in [-0.4, -0.2) is 22.5 Å². The SMILES string of the molecule is NC(=S)c1c(Cl)cccc1NC1CCCSC1. The molecule has 92 valence electrons. The van der Waals surface area contributed by atoms with Crippen LogP contribution in [0.4, 0.5) is 5.69 Å². The monoisotopic (exact) mass is 286 g/mol. The molecule has 2 nitrogen and oxygen atoms in total. The zero-order valence-corrected chi connectivity index (χ0v) is 11.8. The fourth-order valence-electron chi connectivity index (χ4n) is 1.97. The number of benzene rings is 1. The fraction of sp³-hybridized carbons (Fsp3) is 0.417. The van der Waals surface area contributed by atoms with Gasteiger partial charge in [-0.2, -0.15) is 11.8 Å². The van der Waals surface area contributed by atoms with Crippen molar-refractivity contribution in [2.45, 2.75) is 18.9 Å². The minimum Gasteiger partial charge on any atom is -0.389 e. The lowest BCUT2D eigenvalue weighted by Gasteiger charge is -2.25. The predicted molar refractivity (Wildman–Crippen MR) is 81.3 cm³/mol. The Hall–Kier alpha value is -0.450. The average molecular weight is 287 g/mol. The fourth-order valence-corrected chi connectivity index (χ4v) is 3.59. The minimum absolute atomic E-state index is 0.349. The van der Waals surface area contributed by atoms with E-state index in [1.165, 1.54) is 18.6 Å². The van der Waals surface area contributed by atoms with E-state index in [9.17, 15) is 0 Å². The summed E-state index contributed by atoms with van der Waals surface area (Å²) in [6.07, 6.45) is 2.45. The van der Waals surface area contributed by atoms with Crippen LogP contribution in [0.2, 0.25) is 5.02 Å². The van der Waals surface area contributed by atoms with Crippen molar-refractivity contribution in [1.29, 1.82) is 0 Å². The molecule has 0 radical (unpaired) electrons. The highest BCUT2D eigenvalue weighted by Gasteiger charge is 2.16. The number of rotatable bonds is 3. The summed E-state index contributed by atoms with van der Waals surface area (Å²) in [6, 6.07) is 6.21. The predicted octanol–water partition coefficient (Wildman–Crippen LogP) is 3.28. The molecule has 1 aliphatic heterocycles. The minimum atomic E-state index is 0.349. The molecule has 0 aromatic heterocycles. The summed E-state index contributed by atoms with van der Waals surface area (Å²) in [4.78, 5) is 0.349. The molecular weight excluding hydrogens is 272 g/mol. The van der Waals surface area contributed by atoms with Crippen LogP contribution in [-0.2, 0) is 0 Å². The first-order valence-electron chi connectivity index (χ1n) is 5.61. The van der Waals surface area contributed by atoms with E-state index in [1.54, 1.807) is 0 Å². The van der Waals surface area contributed by atoms with Gasteiger partial charge in [-0.05, 0) is 30.7 Å². The van der Waals surface area contributed by atoms with Crippen molar-refractivity contribution in [3.05, 3.63) is 28.8 Å². The zero-order chi connectivity index (χ0) is 12.3. The number of halogens is 1. The third kappa shape index (κ3) is 3.27. The van der Waals surface area contributed by atoms with Gasteiger partial charge in [0.1, 0.15) is 4.99 Å². The summed E-state index contributed by atoms with van der Waals surface area (Å²) in [5, 5.41) is 4.12. The van der Waals surface area contributed by atoms with Gasteiger partial charge in [-0.25, -0.2) is 0 Å². The van der Waals surface area contributed by atoms with E-state index in [1.807, 2.05) is 30.0 Å². The molecule has 1 aromatic carbocycles. The summed E-state index contributed by atoms with van der Waals surface area (Å²) in [6.45, 7) is 0. The maximum Gasteiger partial charge on any atom is 0.107 e. The first-order chi connectivity index (χ1) is 8.18. The molecule has 1 unspecified atom stereocenters. The Labute approximate surface area is 116 Å². The molecule has 3 N–H and O–H groups in total. The van der Waals surface area contributed by atoms with Gasteiger partial charge in [0.05, 0.1) is 10.6 Å². The van der Waals surface area contributed by atoms with Gasteiger partial charge in [-0.3, -0.25) is 0 Å². The van der Waals surface area contributed by atoms with Crippen molar-refractivity contribution in [3.63, 3.8) is 0 Å². The lowest BCUT2D eigenvalue weighted by molar-refractivity contribution is 0.685. The first-order valence-corrected chi connectivity index (χ1v) is 7.55. The smallest absolute Gasteiger partial charge is 0.107 e. The molecule has 1 heterocycles. The normalized spacial score (nSPS) is 19.9. The number of nitrogens with one attached hydrogen (secondary N) is 1. The number of hydrogen-bond donors (Lipinski definition) is 2. The molecular formula is C12H15ClN2S2. The van der Waals surface area contributed by atoms with Crippen LogP contribution in [0.1, 0.15) is 18.4 Å². The van der Waals surface area contributed by atoms with Crippen molar-refractivity contribution < 1.29 is 0 Å². The maximum atomic E-state index is 6.13. The first kappa shape index (κ1) is 13.0. The van der Waals surface area contributed by atoms with Gasteiger partial charge >= 0.3 is 0 Å². The second-order valence-electron chi connectivity index (χ2n) is 4.09. The Morgan fingerprint density at radius 1 is 1.53 bits per heavy atom. The number of thiocarbonyl (C=S) groups is 1. The van der Waals surface area contributed by atoms with Gasteiger partial charge in [-0.15, -0.1) is 0 Å². The van der Waals surface area contributed by atoms with Gasteiger partial charge in [0.15, 0.2) is 0 Å². The third-order valence-electron chi connectivity index (χ3n) is 2.78. The molecule has 17 heavy (non-hydrogen) atoms. The van der Waals surface area contributed by atoms with Gasteiger partial charge in [0, 0.05) is 17.5 Å². The number of anilines is 1.